The fourth-order valence-electron chi connectivity index (χ4n) is 3.27. The second-order valence-corrected chi connectivity index (χ2v) is 6.85. The second kappa shape index (κ2) is 8.60. The molecule has 24 heavy (non-hydrogen) atoms. The summed E-state index contributed by atoms with van der Waals surface area (Å²) in [6.07, 6.45) is 2.12. The average molecular weight is 338 g/mol. The molecule has 2 heterocycles. The molecule has 0 spiro atoms. The zero-order valence-corrected chi connectivity index (χ0v) is 15.4. The van der Waals surface area contributed by atoms with Crippen molar-refractivity contribution >= 4 is 11.7 Å². The zero-order chi connectivity index (χ0) is 17.7. The number of nitrogens with zero attached hydrogens (tertiary/aromatic N) is 3. The number of aromatic nitrogens is 2. The van der Waals surface area contributed by atoms with Gasteiger partial charge in [0.2, 0.25) is 5.91 Å². The number of carbonyl (C=O) groups excluding carboxylic acids is 1. The maximum absolute atomic E-state index is 12.8. The van der Waals surface area contributed by atoms with Crippen molar-refractivity contribution in [2.45, 2.75) is 52.5 Å². The van der Waals surface area contributed by atoms with Gasteiger partial charge in [-0.2, -0.15) is 5.10 Å². The number of carbonyl (C=O) groups is 1. The Kier molecular flexibility index (Phi) is 6.77. The Balaban J connectivity index is 2.02. The molecule has 3 atom stereocenters. The monoisotopic (exact) mass is 338 g/mol. The highest BCUT2D eigenvalue weighted by molar-refractivity contribution is 5.94. The van der Waals surface area contributed by atoms with Crippen molar-refractivity contribution in [2.24, 2.45) is 5.92 Å². The Morgan fingerprint density at radius 3 is 2.67 bits per heavy atom. The van der Waals surface area contributed by atoms with Crippen molar-refractivity contribution in [1.82, 2.24) is 14.7 Å². The molecule has 1 aliphatic heterocycles. The zero-order valence-electron chi connectivity index (χ0n) is 15.4. The summed E-state index contributed by atoms with van der Waals surface area (Å²) in [6.45, 7) is 11.0. The third-order valence-electron chi connectivity index (χ3n) is 4.16. The van der Waals surface area contributed by atoms with Gasteiger partial charge in [0.1, 0.15) is 0 Å². The fourth-order valence-corrected chi connectivity index (χ4v) is 3.27. The van der Waals surface area contributed by atoms with Gasteiger partial charge in [0.15, 0.2) is 5.82 Å². The first-order chi connectivity index (χ1) is 11.4. The number of anilines is 1. The minimum absolute atomic E-state index is 0.0108. The molecule has 0 aromatic carbocycles. The molecule has 7 nitrogen and oxygen atoms in total. The topological polar surface area (TPSA) is 68.6 Å². The first kappa shape index (κ1) is 18.9. The van der Waals surface area contributed by atoms with Crippen molar-refractivity contribution in [3.63, 3.8) is 0 Å². The van der Waals surface area contributed by atoms with Gasteiger partial charge in [-0.3, -0.25) is 14.4 Å². The van der Waals surface area contributed by atoms with Crippen LogP contribution in [0, 0.1) is 5.92 Å². The third kappa shape index (κ3) is 5.03. The molecule has 0 bridgehead atoms. The van der Waals surface area contributed by atoms with E-state index in [4.69, 9.17) is 9.47 Å². The van der Waals surface area contributed by atoms with Crippen molar-refractivity contribution in [3.8, 4) is 0 Å². The Morgan fingerprint density at radius 1 is 1.42 bits per heavy atom. The lowest BCUT2D eigenvalue weighted by Crippen LogP contribution is -2.55. The lowest BCUT2D eigenvalue weighted by atomic mass is 9.99. The number of rotatable bonds is 7. The van der Waals surface area contributed by atoms with Crippen LogP contribution >= 0.6 is 0 Å². The number of ether oxygens (including phenoxy) is 2. The molecular formula is C17H30N4O3. The van der Waals surface area contributed by atoms with Crippen molar-refractivity contribution in [3.05, 3.63) is 12.3 Å². The van der Waals surface area contributed by atoms with E-state index in [1.807, 2.05) is 12.3 Å². The smallest absolute Gasteiger partial charge is 0.243 e. The lowest BCUT2D eigenvalue weighted by Gasteiger charge is -2.40. The fraction of sp³-hybridized carbons (Fsp3) is 0.765. The quantitative estimate of drug-likeness (QED) is 0.818. The Labute approximate surface area is 144 Å². The Hall–Kier alpha value is -1.44. The maximum atomic E-state index is 12.8. The molecule has 0 radical (unpaired) electrons. The highest BCUT2D eigenvalue weighted by Crippen LogP contribution is 2.20. The van der Waals surface area contributed by atoms with Crippen molar-refractivity contribution in [2.75, 3.05) is 32.1 Å². The van der Waals surface area contributed by atoms with E-state index in [0.29, 0.717) is 19.0 Å². The van der Waals surface area contributed by atoms with E-state index < -0.39 is 0 Å². The van der Waals surface area contributed by atoms with E-state index in [9.17, 15) is 4.79 Å². The van der Waals surface area contributed by atoms with Crippen molar-refractivity contribution < 1.29 is 14.3 Å². The number of nitrogens with one attached hydrogen (secondary N) is 1. The van der Waals surface area contributed by atoms with E-state index >= 15 is 0 Å². The van der Waals surface area contributed by atoms with Crippen LogP contribution in [0.15, 0.2) is 12.3 Å². The van der Waals surface area contributed by atoms with Crippen LogP contribution in [0.3, 0.4) is 0 Å². The summed E-state index contributed by atoms with van der Waals surface area (Å²) in [5.41, 5.74) is 0. The molecule has 1 saturated heterocycles. The van der Waals surface area contributed by atoms with Crippen LogP contribution in [-0.2, 0) is 20.8 Å². The van der Waals surface area contributed by atoms with Gasteiger partial charge in [0, 0.05) is 32.5 Å². The molecule has 1 aromatic heterocycles. The van der Waals surface area contributed by atoms with E-state index in [1.165, 1.54) is 0 Å². The van der Waals surface area contributed by atoms with Gasteiger partial charge in [-0.15, -0.1) is 0 Å². The summed E-state index contributed by atoms with van der Waals surface area (Å²) in [4.78, 5) is 15.0. The summed E-state index contributed by atoms with van der Waals surface area (Å²) in [6, 6.07) is 1.62. The van der Waals surface area contributed by atoms with Gasteiger partial charge in [0.25, 0.3) is 0 Å². The normalized spacial score (nSPS) is 23.4. The number of morpholine rings is 1. The summed E-state index contributed by atoms with van der Waals surface area (Å²) in [7, 11) is 1.66. The summed E-state index contributed by atoms with van der Waals surface area (Å²) >= 11 is 0. The minimum atomic E-state index is -0.192. The SMILES string of the molecule is COCCn1ccc(NC(=O)C(C(C)C)N2CC(C)OC(C)C2)n1. The summed E-state index contributed by atoms with van der Waals surface area (Å²) in [5, 5.41) is 7.32. The van der Waals surface area contributed by atoms with Crippen LogP contribution in [0.2, 0.25) is 0 Å². The molecule has 1 aliphatic rings. The molecule has 2 rings (SSSR count). The van der Waals surface area contributed by atoms with Gasteiger partial charge >= 0.3 is 0 Å². The first-order valence-corrected chi connectivity index (χ1v) is 8.63. The number of hydrogen-bond acceptors (Lipinski definition) is 5. The molecule has 0 saturated carbocycles. The highest BCUT2D eigenvalue weighted by atomic mass is 16.5. The first-order valence-electron chi connectivity index (χ1n) is 8.63. The van der Waals surface area contributed by atoms with Gasteiger partial charge in [-0.25, -0.2) is 0 Å². The van der Waals surface area contributed by atoms with Crippen molar-refractivity contribution in [1.29, 1.82) is 0 Å². The molecule has 1 fully saturated rings. The number of methoxy groups -OCH3 is 1. The predicted octanol–water partition coefficient (Wildman–Crippen LogP) is 1.60. The van der Waals surface area contributed by atoms with E-state index in [2.05, 4.69) is 43.0 Å². The molecule has 1 amide bonds. The number of amides is 1. The van der Waals surface area contributed by atoms with E-state index in [0.717, 1.165) is 13.1 Å². The molecular weight excluding hydrogens is 308 g/mol. The summed E-state index contributed by atoms with van der Waals surface area (Å²) in [5.74, 6) is 0.775. The van der Waals surface area contributed by atoms with Gasteiger partial charge < -0.3 is 14.8 Å². The van der Waals surface area contributed by atoms with Crippen LogP contribution in [0.4, 0.5) is 5.82 Å². The maximum Gasteiger partial charge on any atom is 0.243 e. The number of hydrogen-bond donors (Lipinski definition) is 1. The largest absolute Gasteiger partial charge is 0.383 e. The van der Waals surface area contributed by atoms with Crippen LogP contribution < -0.4 is 5.32 Å². The van der Waals surface area contributed by atoms with Crippen LogP contribution in [0.1, 0.15) is 27.7 Å². The van der Waals surface area contributed by atoms with Crippen LogP contribution in [-0.4, -0.2) is 65.6 Å². The Bertz CT molecular complexity index is 522. The highest BCUT2D eigenvalue weighted by Gasteiger charge is 2.34. The molecule has 0 aliphatic carbocycles. The van der Waals surface area contributed by atoms with E-state index in [1.54, 1.807) is 11.8 Å². The average Bonchev–Trinajstić information content (AvgIpc) is 2.91. The Morgan fingerprint density at radius 2 is 2.08 bits per heavy atom. The standard InChI is InChI=1S/C17H30N4O3/c1-12(2)16(20-10-13(3)24-14(4)11-20)17(22)18-15-6-7-21(19-15)8-9-23-5/h6-7,12-14,16H,8-11H2,1-5H3,(H,18,19,22). The lowest BCUT2D eigenvalue weighted by molar-refractivity contribution is -0.130. The van der Waals surface area contributed by atoms with Gasteiger partial charge in [0.05, 0.1) is 31.4 Å². The predicted molar refractivity (Wildman–Crippen MR) is 92.9 cm³/mol. The van der Waals surface area contributed by atoms with Gasteiger partial charge in [-0.1, -0.05) is 13.8 Å². The molecule has 3 unspecified atom stereocenters. The minimum Gasteiger partial charge on any atom is -0.383 e. The van der Waals surface area contributed by atoms with Crippen LogP contribution in [0.5, 0.6) is 0 Å². The van der Waals surface area contributed by atoms with Crippen LogP contribution in [0.25, 0.3) is 0 Å². The molecule has 136 valence electrons. The van der Waals surface area contributed by atoms with Gasteiger partial charge in [-0.05, 0) is 19.8 Å². The summed E-state index contributed by atoms with van der Waals surface area (Å²) < 4.78 is 12.6. The molecule has 1 N–H and O–H groups in total. The molecule has 7 heteroatoms. The molecule has 1 aromatic rings. The van der Waals surface area contributed by atoms with E-state index in [-0.39, 0.29) is 30.1 Å². The third-order valence-corrected chi connectivity index (χ3v) is 4.16. The second-order valence-electron chi connectivity index (χ2n) is 6.85.